The highest BCUT2D eigenvalue weighted by atomic mass is 19.4. The van der Waals surface area contributed by atoms with Crippen LogP contribution in [0.15, 0.2) is 41.0 Å². The number of alkyl halides is 3. The van der Waals surface area contributed by atoms with Crippen molar-refractivity contribution in [3.8, 4) is 0 Å². The van der Waals surface area contributed by atoms with E-state index < -0.39 is 30.6 Å². The number of likely N-dealkylation sites (tertiary alicyclic amines) is 1. The van der Waals surface area contributed by atoms with E-state index in [-0.39, 0.29) is 17.2 Å². The standard InChI is InChI=1S/C21H22F3N3O4/c1-13-7-8-14(18(28)25-12-21(22,23)24)11-15(13)26-19(29)16-5-2-3-9-27(16)20(30)17-6-4-10-31-17/h4,6-8,10-11,16H,2-3,5,9,12H2,1H3,(H,25,28)(H,26,29). The van der Waals surface area contributed by atoms with Crippen LogP contribution in [0.4, 0.5) is 18.9 Å². The zero-order valence-electron chi connectivity index (χ0n) is 16.8. The molecule has 2 N–H and O–H groups in total. The summed E-state index contributed by atoms with van der Waals surface area (Å²) in [6, 6.07) is 6.62. The van der Waals surface area contributed by atoms with Crippen molar-refractivity contribution in [2.75, 3.05) is 18.4 Å². The lowest BCUT2D eigenvalue weighted by molar-refractivity contribution is -0.123. The van der Waals surface area contributed by atoms with Crippen molar-refractivity contribution in [1.29, 1.82) is 0 Å². The van der Waals surface area contributed by atoms with Crippen molar-refractivity contribution < 1.29 is 32.0 Å². The van der Waals surface area contributed by atoms with E-state index in [2.05, 4.69) is 5.32 Å². The van der Waals surface area contributed by atoms with Gasteiger partial charge in [0.25, 0.3) is 11.8 Å². The summed E-state index contributed by atoms with van der Waals surface area (Å²) < 4.78 is 42.2. The number of rotatable bonds is 5. The summed E-state index contributed by atoms with van der Waals surface area (Å²) in [4.78, 5) is 39.1. The number of hydrogen-bond acceptors (Lipinski definition) is 4. The lowest BCUT2D eigenvalue weighted by Gasteiger charge is -2.34. The van der Waals surface area contributed by atoms with Crippen LogP contribution in [-0.4, -0.2) is 47.9 Å². The van der Waals surface area contributed by atoms with Crippen LogP contribution in [0.25, 0.3) is 0 Å². The summed E-state index contributed by atoms with van der Waals surface area (Å²) in [6.45, 7) is 0.642. The van der Waals surface area contributed by atoms with Crippen molar-refractivity contribution in [3.63, 3.8) is 0 Å². The number of nitrogens with zero attached hydrogens (tertiary/aromatic N) is 1. The van der Waals surface area contributed by atoms with Gasteiger partial charge in [0.1, 0.15) is 12.6 Å². The van der Waals surface area contributed by atoms with Crippen molar-refractivity contribution >= 4 is 23.4 Å². The molecular weight excluding hydrogens is 415 g/mol. The second-order valence-electron chi connectivity index (χ2n) is 7.30. The van der Waals surface area contributed by atoms with Gasteiger partial charge >= 0.3 is 6.18 Å². The van der Waals surface area contributed by atoms with Gasteiger partial charge in [-0.2, -0.15) is 13.2 Å². The molecule has 1 atom stereocenters. The van der Waals surface area contributed by atoms with Gasteiger partial charge in [-0.1, -0.05) is 6.07 Å². The molecule has 0 aliphatic carbocycles. The summed E-state index contributed by atoms with van der Waals surface area (Å²) in [6.07, 6.45) is -1.17. The normalized spacial score (nSPS) is 16.6. The molecule has 1 unspecified atom stereocenters. The predicted molar refractivity (Wildman–Crippen MR) is 106 cm³/mol. The van der Waals surface area contributed by atoms with E-state index in [0.717, 1.165) is 12.8 Å². The molecule has 1 aliphatic heterocycles. The van der Waals surface area contributed by atoms with Crippen LogP contribution in [0, 0.1) is 6.92 Å². The van der Waals surface area contributed by atoms with E-state index in [0.29, 0.717) is 24.2 Å². The Labute approximate surface area is 176 Å². The molecule has 1 aromatic carbocycles. The van der Waals surface area contributed by atoms with Gasteiger partial charge in [-0.25, -0.2) is 0 Å². The van der Waals surface area contributed by atoms with Gasteiger partial charge in [-0.3, -0.25) is 14.4 Å². The van der Waals surface area contributed by atoms with Crippen LogP contribution in [0.1, 0.15) is 45.7 Å². The summed E-state index contributed by atoms with van der Waals surface area (Å²) in [5, 5.41) is 4.51. The molecule has 10 heteroatoms. The number of halogens is 3. The Morgan fingerprint density at radius 2 is 1.97 bits per heavy atom. The maximum absolute atomic E-state index is 13.0. The van der Waals surface area contributed by atoms with E-state index in [9.17, 15) is 27.6 Å². The molecular formula is C21H22F3N3O4. The third kappa shape index (κ3) is 5.65. The quantitative estimate of drug-likeness (QED) is 0.749. The Kier molecular flexibility index (Phi) is 6.67. The first-order chi connectivity index (χ1) is 14.7. The van der Waals surface area contributed by atoms with Gasteiger partial charge in [0, 0.05) is 17.8 Å². The van der Waals surface area contributed by atoms with Crippen molar-refractivity contribution in [1.82, 2.24) is 10.2 Å². The SMILES string of the molecule is Cc1ccc(C(=O)NCC(F)(F)F)cc1NC(=O)C1CCCCN1C(=O)c1ccco1. The van der Waals surface area contributed by atoms with E-state index >= 15 is 0 Å². The highest BCUT2D eigenvalue weighted by molar-refractivity contribution is 6.02. The minimum absolute atomic E-state index is 0.0164. The summed E-state index contributed by atoms with van der Waals surface area (Å²) in [7, 11) is 0. The van der Waals surface area contributed by atoms with Gasteiger partial charge in [0.2, 0.25) is 5.91 Å². The van der Waals surface area contributed by atoms with Gasteiger partial charge in [-0.05, 0) is 56.0 Å². The minimum Gasteiger partial charge on any atom is -0.459 e. The second kappa shape index (κ2) is 9.23. The number of piperidine rings is 1. The van der Waals surface area contributed by atoms with E-state index in [1.165, 1.54) is 35.4 Å². The number of nitrogens with one attached hydrogen (secondary N) is 2. The first kappa shape index (κ1) is 22.4. The second-order valence-corrected chi connectivity index (χ2v) is 7.30. The topological polar surface area (TPSA) is 91.7 Å². The fraction of sp³-hybridized carbons (Fsp3) is 0.381. The number of furan rings is 1. The molecule has 1 saturated heterocycles. The predicted octanol–water partition coefficient (Wildman–Crippen LogP) is 3.51. The first-order valence-electron chi connectivity index (χ1n) is 9.76. The molecule has 2 heterocycles. The number of carbonyl (C=O) groups is 3. The summed E-state index contributed by atoms with van der Waals surface area (Å²) in [5.41, 5.74) is 0.901. The number of hydrogen-bond donors (Lipinski definition) is 2. The molecule has 31 heavy (non-hydrogen) atoms. The van der Waals surface area contributed by atoms with Crippen molar-refractivity contribution in [3.05, 3.63) is 53.5 Å². The lowest BCUT2D eigenvalue weighted by atomic mass is 10.0. The largest absolute Gasteiger partial charge is 0.459 e. The molecule has 1 aliphatic rings. The smallest absolute Gasteiger partial charge is 0.405 e. The fourth-order valence-electron chi connectivity index (χ4n) is 3.39. The van der Waals surface area contributed by atoms with Crippen LogP contribution in [0.3, 0.4) is 0 Å². The average molecular weight is 437 g/mol. The molecule has 2 aromatic rings. The number of anilines is 1. The first-order valence-corrected chi connectivity index (χ1v) is 9.76. The van der Waals surface area contributed by atoms with Crippen LogP contribution in [-0.2, 0) is 4.79 Å². The molecule has 1 fully saturated rings. The minimum atomic E-state index is -4.53. The molecule has 0 radical (unpaired) electrons. The fourth-order valence-corrected chi connectivity index (χ4v) is 3.39. The highest BCUT2D eigenvalue weighted by Gasteiger charge is 2.34. The summed E-state index contributed by atoms with van der Waals surface area (Å²) in [5.74, 6) is -1.59. The molecule has 166 valence electrons. The zero-order valence-corrected chi connectivity index (χ0v) is 16.8. The molecule has 0 bridgehead atoms. The number of benzene rings is 1. The van der Waals surface area contributed by atoms with Crippen molar-refractivity contribution in [2.24, 2.45) is 0 Å². The Bertz CT molecular complexity index is 957. The average Bonchev–Trinajstić information content (AvgIpc) is 3.27. The van der Waals surface area contributed by atoms with E-state index in [1.54, 1.807) is 18.3 Å². The van der Waals surface area contributed by atoms with Crippen LogP contribution in [0.5, 0.6) is 0 Å². The zero-order chi connectivity index (χ0) is 22.6. The summed E-state index contributed by atoms with van der Waals surface area (Å²) >= 11 is 0. The molecule has 7 nitrogen and oxygen atoms in total. The van der Waals surface area contributed by atoms with E-state index in [1.807, 2.05) is 0 Å². The highest BCUT2D eigenvalue weighted by Crippen LogP contribution is 2.23. The van der Waals surface area contributed by atoms with Crippen molar-refractivity contribution in [2.45, 2.75) is 38.4 Å². The number of carbonyl (C=O) groups excluding carboxylic acids is 3. The van der Waals surface area contributed by atoms with Crippen LogP contribution in [0.2, 0.25) is 0 Å². The monoisotopic (exact) mass is 437 g/mol. The Balaban J connectivity index is 1.74. The van der Waals surface area contributed by atoms with Crippen LogP contribution >= 0.6 is 0 Å². The maximum Gasteiger partial charge on any atom is 0.405 e. The van der Waals surface area contributed by atoms with Gasteiger partial charge in [-0.15, -0.1) is 0 Å². The molecule has 0 spiro atoms. The molecule has 1 aromatic heterocycles. The van der Waals surface area contributed by atoms with Gasteiger partial charge in [0.15, 0.2) is 5.76 Å². The third-order valence-electron chi connectivity index (χ3n) is 5.01. The molecule has 3 rings (SSSR count). The molecule has 0 saturated carbocycles. The third-order valence-corrected chi connectivity index (χ3v) is 5.01. The van der Waals surface area contributed by atoms with Crippen LogP contribution < -0.4 is 10.6 Å². The number of amides is 3. The van der Waals surface area contributed by atoms with Gasteiger partial charge < -0.3 is 20.0 Å². The van der Waals surface area contributed by atoms with E-state index in [4.69, 9.17) is 4.42 Å². The Morgan fingerprint density at radius 1 is 1.19 bits per heavy atom. The Morgan fingerprint density at radius 3 is 2.65 bits per heavy atom. The number of aryl methyl sites for hydroxylation is 1. The Hall–Kier alpha value is -3.30. The maximum atomic E-state index is 13.0. The molecule has 3 amide bonds. The lowest BCUT2D eigenvalue weighted by Crippen LogP contribution is -2.50. The van der Waals surface area contributed by atoms with Gasteiger partial charge in [0.05, 0.1) is 6.26 Å².